The molecule has 1 aromatic carbocycles. The maximum absolute atomic E-state index is 14.5. The van der Waals surface area contributed by atoms with E-state index in [4.69, 9.17) is 16.2 Å². The number of halogens is 3. The second-order valence-electron chi connectivity index (χ2n) is 7.35. The molecule has 11 heteroatoms. The Hall–Kier alpha value is -3.18. The van der Waals surface area contributed by atoms with E-state index in [1.54, 1.807) is 0 Å². The molecule has 1 aliphatic heterocycles. The first-order chi connectivity index (χ1) is 15.4. The van der Waals surface area contributed by atoms with E-state index in [1.807, 2.05) is 0 Å². The van der Waals surface area contributed by atoms with Crippen molar-refractivity contribution in [3.05, 3.63) is 53.6 Å². The number of nitrogens with zero attached hydrogens (tertiary/aromatic N) is 3. The Balaban J connectivity index is 1.63. The minimum absolute atomic E-state index is 0.0976. The van der Waals surface area contributed by atoms with Gasteiger partial charge in [0.05, 0.1) is 24.1 Å². The van der Waals surface area contributed by atoms with Gasteiger partial charge in [0.2, 0.25) is 5.06 Å². The Bertz CT molecular complexity index is 1130. The fourth-order valence-corrected chi connectivity index (χ4v) is 3.99. The maximum Gasteiger partial charge on any atom is 0.219 e. The highest BCUT2D eigenvalue weighted by molar-refractivity contribution is 7.08. The van der Waals surface area contributed by atoms with Gasteiger partial charge >= 0.3 is 0 Å². The number of nitrogens with one attached hydrogen (secondary N) is 1. The van der Waals surface area contributed by atoms with Gasteiger partial charge in [0, 0.05) is 17.6 Å². The van der Waals surface area contributed by atoms with Crippen molar-refractivity contribution in [3.8, 4) is 16.3 Å². The molecule has 1 aliphatic rings. The number of nitrogen functional groups attached to an aromatic ring is 1. The summed E-state index contributed by atoms with van der Waals surface area (Å²) in [6, 6.07) is 4.10. The summed E-state index contributed by atoms with van der Waals surface area (Å²) in [7, 11) is 0. The third-order valence-corrected chi connectivity index (χ3v) is 5.82. The molecule has 0 spiro atoms. The molecule has 0 atom stereocenters. The molecule has 0 radical (unpaired) electrons. The lowest BCUT2D eigenvalue weighted by Gasteiger charge is -2.22. The van der Waals surface area contributed by atoms with E-state index in [9.17, 15) is 13.2 Å². The van der Waals surface area contributed by atoms with E-state index >= 15 is 0 Å². The largest absolute Gasteiger partial charge is 0.481 e. The number of hydrogen-bond acceptors (Lipinski definition) is 7. The first kappa shape index (κ1) is 22.0. The zero-order chi connectivity index (χ0) is 22.7. The molecule has 0 unspecified atom stereocenters. The molecular formula is C21H21F3N6OS. The van der Waals surface area contributed by atoms with E-state index in [-0.39, 0.29) is 17.2 Å². The van der Waals surface area contributed by atoms with Crippen molar-refractivity contribution in [2.75, 3.05) is 25.4 Å². The molecule has 3 heterocycles. The average Bonchev–Trinajstić information content (AvgIpc) is 3.21. The summed E-state index contributed by atoms with van der Waals surface area (Å²) < 4.78 is 52.8. The fourth-order valence-electron chi connectivity index (χ4n) is 3.43. The smallest absolute Gasteiger partial charge is 0.219 e. The number of aliphatic imine (C=N–C) groups is 1. The summed E-state index contributed by atoms with van der Waals surface area (Å²) >= 11 is 1.12. The zero-order valence-corrected chi connectivity index (χ0v) is 17.8. The number of benzene rings is 1. The molecule has 32 heavy (non-hydrogen) atoms. The molecule has 3 aromatic rings. The van der Waals surface area contributed by atoms with Gasteiger partial charge in [0.15, 0.2) is 11.7 Å². The SMILES string of the molecule is NC(=Nc1cnsc1OCC1CCNCC1)c1nc(-c2c(F)cccc2F)c(F)cc1N. The van der Waals surface area contributed by atoms with Crippen LogP contribution in [0.5, 0.6) is 5.06 Å². The molecule has 1 saturated heterocycles. The quantitative estimate of drug-likeness (QED) is 0.381. The summed E-state index contributed by atoms with van der Waals surface area (Å²) in [5.41, 5.74) is 10.9. The molecule has 5 N–H and O–H groups in total. The number of anilines is 1. The number of nitrogens with two attached hydrogens (primary N) is 2. The Labute approximate surface area is 186 Å². The molecular weight excluding hydrogens is 441 g/mol. The van der Waals surface area contributed by atoms with E-state index in [2.05, 4.69) is 19.7 Å². The summed E-state index contributed by atoms with van der Waals surface area (Å²) in [6.45, 7) is 2.43. The van der Waals surface area contributed by atoms with Crippen molar-refractivity contribution in [1.82, 2.24) is 14.7 Å². The molecule has 0 bridgehead atoms. The van der Waals surface area contributed by atoms with E-state index in [1.165, 1.54) is 12.3 Å². The molecule has 7 nitrogen and oxygen atoms in total. The van der Waals surface area contributed by atoms with Crippen LogP contribution in [0.15, 0.2) is 35.5 Å². The lowest BCUT2D eigenvalue weighted by Crippen LogP contribution is -2.30. The fraction of sp³-hybridized carbons (Fsp3) is 0.286. The van der Waals surface area contributed by atoms with Crippen LogP contribution < -0.4 is 21.5 Å². The predicted molar refractivity (Wildman–Crippen MR) is 118 cm³/mol. The van der Waals surface area contributed by atoms with Gasteiger partial charge in [-0.25, -0.2) is 23.1 Å². The summed E-state index contributed by atoms with van der Waals surface area (Å²) in [5.74, 6) is -2.63. The first-order valence-corrected chi connectivity index (χ1v) is 10.7. The lowest BCUT2D eigenvalue weighted by molar-refractivity contribution is 0.220. The standard InChI is InChI=1S/C21H21F3N6OS/c22-12-2-1-3-13(23)17(12)18-14(24)8-15(25)19(30-18)20(26)29-16-9-28-32-21(16)31-10-11-4-6-27-7-5-11/h1-3,8-9,11,27H,4-7,10,25H2,(H2,26,29). The van der Waals surface area contributed by atoms with Crippen LogP contribution in [0, 0.1) is 23.4 Å². The second-order valence-corrected chi connectivity index (χ2v) is 8.12. The molecule has 0 saturated carbocycles. The van der Waals surface area contributed by atoms with Crippen molar-refractivity contribution in [2.24, 2.45) is 16.6 Å². The van der Waals surface area contributed by atoms with Crippen molar-refractivity contribution in [1.29, 1.82) is 0 Å². The predicted octanol–water partition coefficient (Wildman–Crippen LogP) is 3.62. The van der Waals surface area contributed by atoms with Gasteiger partial charge < -0.3 is 21.5 Å². The summed E-state index contributed by atoms with van der Waals surface area (Å²) in [6.07, 6.45) is 3.52. The van der Waals surface area contributed by atoms with Crippen molar-refractivity contribution in [3.63, 3.8) is 0 Å². The van der Waals surface area contributed by atoms with E-state index < -0.39 is 28.7 Å². The summed E-state index contributed by atoms with van der Waals surface area (Å²) in [5, 5.41) is 3.78. The highest BCUT2D eigenvalue weighted by Gasteiger charge is 2.21. The van der Waals surface area contributed by atoms with Crippen LogP contribution in [-0.2, 0) is 0 Å². The van der Waals surface area contributed by atoms with Crippen LogP contribution >= 0.6 is 11.5 Å². The Morgan fingerprint density at radius 3 is 2.62 bits per heavy atom. The highest BCUT2D eigenvalue weighted by Crippen LogP contribution is 2.34. The Kier molecular flexibility index (Phi) is 6.56. The van der Waals surface area contributed by atoms with Crippen LogP contribution in [0.4, 0.5) is 24.5 Å². The minimum atomic E-state index is -0.980. The van der Waals surface area contributed by atoms with Gasteiger partial charge in [-0.3, -0.25) is 0 Å². The van der Waals surface area contributed by atoms with Crippen molar-refractivity contribution >= 4 is 28.7 Å². The van der Waals surface area contributed by atoms with Gasteiger partial charge in [-0.15, -0.1) is 0 Å². The van der Waals surface area contributed by atoms with Crippen LogP contribution in [0.1, 0.15) is 18.5 Å². The molecule has 4 rings (SSSR count). The summed E-state index contributed by atoms with van der Waals surface area (Å²) in [4.78, 5) is 8.27. The van der Waals surface area contributed by atoms with Crippen molar-refractivity contribution < 1.29 is 17.9 Å². The van der Waals surface area contributed by atoms with Gasteiger partial charge in [0.1, 0.15) is 28.7 Å². The Morgan fingerprint density at radius 2 is 1.91 bits per heavy atom. The zero-order valence-electron chi connectivity index (χ0n) is 16.9. The number of aromatic nitrogens is 2. The Morgan fingerprint density at radius 1 is 1.19 bits per heavy atom. The number of amidine groups is 1. The maximum atomic E-state index is 14.5. The minimum Gasteiger partial charge on any atom is -0.481 e. The number of rotatable bonds is 6. The molecule has 1 fully saturated rings. The molecule has 168 valence electrons. The van der Waals surface area contributed by atoms with Gasteiger partial charge in [-0.1, -0.05) is 6.07 Å². The lowest BCUT2D eigenvalue weighted by atomic mass is 9.99. The second kappa shape index (κ2) is 9.53. The van der Waals surface area contributed by atoms with Crippen LogP contribution in [0.2, 0.25) is 0 Å². The van der Waals surface area contributed by atoms with Crippen LogP contribution in [0.25, 0.3) is 11.3 Å². The number of ether oxygens (including phenoxy) is 1. The molecule has 2 aromatic heterocycles. The highest BCUT2D eigenvalue weighted by atomic mass is 32.1. The van der Waals surface area contributed by atoms with E-state index in [0.29, 0.717) is 23.3 Å². The van der Waals surface area contributed by atoms with Crippen LogP contribution in [0.3, 0.4) is 0 Å². The molecule has 0 aliphatic carbocycles. The topological polar surface area (TPSA) is 111 Å². The average molecular weight is 463 g/mol. The van der Waals surface area contributed by atoms with Crippen molar-refractivity contribution in [2.45, 2.75) is 12.8 Å². The number of hydrogen-bond donors (Lipinski definition) is 3. The van der Waals surface area contributed by atoms with E-state index in [0.717, 1.165) is 55.7 Å². The normalized spacial score (nSPS) is 15.2. The third kappa shape index (κ3) is 4.68. The third-order valence-electron chi connectivity index (χ3n) is 5.12. The number of pyridine rings is 1. The molecule has 0 amide bonds. The van der Waals surface area contributed by atoms with Gasteiger partial charge in [-0.05, 0) is 44.0 Å². The number of piperidine rings is 1. The monoisotopic (exact) mass is 462 g/mol. The van der Waals surface area contributed by atoms with Gasteiger partial charge in [-0.2, -0.15) is 4.37 Å². The van der Waals surface area contributed by atoms with Gasteiger partial charge in [0.25, 0.3) is 0 Å². The first-order valence-electron chi connectivity index (χ1n) is 9.97. The van der Waals surface area contributed by atoms with Crippen LogP contribution in [-0.4, -0.2) is 34.9 Å².